The van der Waals surface area contributed by atoms with Crippen molar-refractivity contribution < 1.29 is 23.7 Å². The Morgan fingerprint density at radius 1 is 1.57 bits per heavy atom. The maximum Gasteiger partial charge on any atom is 0.247 e. The maximum atomic E-state index is 11.3. The van der Waals surface area contributed by atoms with Gasteiger partial charge in [0.1, 0.15) is 11.6 Å². The van der Waals surface area contributed by atoms with Crippen LogP contribution < -0.4 is 10.5 Å². The Kier molecular flexibility index (Phi) is 5.73. The Balaban J connectivity index is 2.07. The van der Waals surface area contributed by atoms with Crippen LogP contribution in [0.25, 0.3) is 21.6 Å². The summed E-state index contributed by atoms with van der Waals surface area (Å²) >= 11 is 0. The number of anilines is 1. The summed E-state index contributed by atoms with van der Waals surface area (Å²) in [6.07, 6.45) is -1.66. The molecule has 1 unspecified atom stereocenters. The molecule has 2 aromatic rings. The zero-order valence-corrected chi connectivity index (χ0v) is 16.5. The third-order valence-corrected chi connectivity index (χ3v) is 4.98. The maximum absolute atomic E-state index is 11.3. The molecule has 0 amide bonds. The molecule has 3 heterocycles. The lowest BCUT2D eigenvalue weighted by Crippen LogP contribution is -2.42. The monoisotopic (exact) mass is 412 g/mol. The minimum Gasteiger partial charge on any atom is -0.476 e. The minimum absolute atomic E-state index is 0.0359. The highest BCUT2D eigenvalue weighted by Crippen LogP contribution is 2.43. The summed E-state index contributed by atoms with van der Waals surface area (Å²) in [5.41, 5.74) is 14.0. The van der Waals surface area contributed by atoms with Crippen molar-refractivity contribution in [1.82, 2.24) is 19.5 Å². The Bertz CT molecular complexity index is 947. The van der Waals surface area contributed by atoms with Gasteiger partial charge in [0.2, 0.25) is 11.8 Å². The van der Waals surface area contributed by atoms with Gasteiger partial charge < -0.3 is 24.8 Å². The van der Waals surface area contributed by atoms with Crippen LogP contribution in [0.2, 0.25) is 0 Å². The normalized spacial score (nSPS) is 28.2. The number of imidazole rings is 1. The van der Waals surface area contributed by atoms with Gasteiger partial charge in [0.15, 0.2) is 25.4 Å². The number of ether oxygens (including phenoxy) is 2. The minimum atomic E-state index is -2.23. The molecule has 5 atom stereocenters. The lowest BCUT2D eigenvalue weighted by atomic mass is 9.93. The van der Waals surface area contributed by atoms with E-state index >= 15 is 0 Å². The predicted molar refractivity (Wildman–Crippen MR) is 99.2 cm³/mol. The average Bonchev–Trinajstić information content (AvgIpc) is 3.14. The van der Waals surface area contributed by atoms with E-state index in [-0.39, 0.29) is 24.1 Å². The molecule has 14 heteroatoms. The van der Waals surface area contributed by atoms with E-state index in [9.17, 15) is 9.67 Å². The first-order valence-corrected chi connectivity index (χ1v) is 10.3. The highest BCUT2D eigenvalue weighted by atomic mass is 31.1. The van der Waals surface area contributed by atoms with Crippen LogP contribution in [0.5, 0.6) is 5.88 Å². The van der Waals surface area contributed by atoms with Gasteiger partial charge in [0, 0.05) is 11.6 Å². The highest BCUT2D eigenvalue weighted by molar-refractivity contribution is 7.38. The summed E-state index contributed by atoms with van der Waals surface area (Å²) in [5.74, 6) is 0.170. The standard InChI is InChI=1S/C14H21N8O5P/c1-4-25-11-8-10(18-13(15)19-11)22(6-17-8)12-14(2,20-21-16)9(23)7(27-12)5-26-28(3)24/h6-7,9,12,23,28H,4-5H2,1-3H3,(H2,15,18,19)/t7-,9-,12-,14-/m1/s1. The van der Waals surface area contributed by atoms with Crippen LogP contribution in [-0.4, -0.2) is 62.3 Å². The van der Waals surface area contributed by atoms with Gasteiger partial charge in [-0.15, -0.1) is 0 Å². The van der Waals surface area contributed by atoms with Gasteiger partial charge in [-0.1, -0.05) is 5.11 Å². The molecule has 0 radical (unpaired) electrons. The van der Waals surface area contributed by atoms with Crippen molar-refractivity contribution in [2.24, 2.45) is 5.11 Å². The van der Waals surface area contributed by atoms with E-state index in [2.05, 4.69) is 25.0 Å². The number of hydrogen-bond donors (Lipinski definition) is 2. The predicted octanol–water partition coefficient (Wildman–Crippen LogP) is 1.26. The van der Waals surface area contributed by atoms with Crippen molar-refractivity contribution in [3.63, 3.8) is 0 Å². The number of nitrogens with two attached hydrogens (primary N) is 1. The van der Waals surface area contributed by atoms with Gasteiger partial charge in [-0.2, -0.15) is 9.97 Å². The molecule has 1 fully saturated rings. The zero-order chi connectivity index (χ0) is 20.5. The number of aromatic nitrogens is 4. The van der Waals surface area contributed by atoms with E-state index in [1.54, 1.807) is 6.92 Å². The fraction of sp³-hybridized carbons (Fsp3) is 0.643. The van der Waals surface area contributed by atoms with Crippen molar-refractivity contribution in [2.75, 3.05) is 25.6 Å². The molecule has 0 bridgehead atoms. The number of fused-ring (bicyclic) bond motifs is 1. The van der Waals surface area contributed by atoms with Gasteiger partial charge in [-0.25, -0.2) is 4.98 Å². The van der Waals surface area contributed by atoms with Crippen LogP contribution >= 0.6 is 8.03 Å². The van der Waals surface area contributed by atoms with Crippen molar-refractivity contribution >= 4 is 25.1 Å². The van der Waals surface area contributed by atoms with Crippen molar-refractivity contribution in [2.45, 2.75) is 37.8 Å². The van der Waals surface area contributed by atoms with Crippen LogP contribution in [0.3, 0.4) is 0 Å². The molecule has 0 aromatic carbocycles. The van der Waals surface area contributed by atoms with Gasteiger partial charge in [0.25, 0.3) is 0 Å². The van der Waals surface area contributed by atoms with Crippen LogP contribution in [0, 0.1) is 0 Å². The van der Waals surface area contributed by atoms with E-state index in [1.807, 2.05) is 0 Å². The molecule has 1 aliphatic heterocycles. The summed E-state index contributed by atoms with van der Waals surface area (Å²) < 4.78 is 29.3. The molecule has 0 aliphatic carbocycles. The van der Waals surface area contributed by atoms with E-state index in [0.717, 1.165) is 0 Å². The fourth-order valence-electron chi connectivity index (χ4n) is 3.10. The number of hydrogen-bond acceptors (Lipinski definition) is 10. The Morgan fingerprint density at radius 3 is 2.96 bits per heavy atom. The molecule has 1 saturated heterocycles. The summed E-state index contributed by atoms with van der Waals surface area (Å²) in [4.78, 5) is 15.3. The molecule has 1 aliphatic rings. The van der Waals surface area contributed by atoms with Crippen LogP contribution in [0.4, 0.5) is 5.95 Å². The van der Waals surface area contributed by atoms with Crippen LogP contribution in [0.1, 0.15) is 20.1 Å². The lowest BCUT2D eigenvalue weighted by Gasteiger charge is -2.28. The van der Waals surface area contributed by atoms with Gasteiger partial charge in [-0.05, 0) is 19.4 Å². The largest absolute Gasteiger partial charge is 0.476 e. The topological polar surface area (TPSA) is 183 Å². The fourth-order valence-corrected chi connectivity index (χ4v) is 3.50. The van der Waals surface area contributed by atoms with E-state index < -0.39 is 32.0 Å². The van der Waals surface area contributed by atoms with Gasteiger partial charge in [-0.3, -0.25) is 9.13 Å². The lowest BCUT2D eigenvalue weighted by molar-refractivity contribution is -0.0396. The van der Waals surface area contributed by atoms with E-state index in [4.69, 9.17) is 25.3 Å². The van der Waals surface area contributed by atoms with E-state index in [0.29, 0.717) is 12.1 Å². The number of aliphatic hydroxyl groups excluding tert-OH is 1. The Morgan fingerprint density at radius 2 is 2.32 bits per heavy atom. The molecule has 3 N–H and O–H groups in total. The average molecular weight is 412 g/mol. The summed E-state index contributed by atoms with van der Waals surface area (Å²) in [6.45, 7) is 4.98. The van der Waals surface area contributed by atoms with Crippen molar-refractivity contribution in [3.05, 3.63) is 16.8 Å². The first-order valence-electron chi connectivity index (χ1n) is 8.47. The first kappa shape index (κ1) is 20.3. The molecular formula is C14H21N8O5P. The number of aliphatic hydroxyl groups is 1. The molecule has 0 spiro atoms. The highest BCUT2D eigenvalue weighted by Gasteiger charge is 2.54. The Hall–Kier alpha value is -2.43. The molecule has 3 rings (SSSR count). The van der Waals surface area contributed by atoms with Gasteiger partial charge in [0.05, 0.1) is 25.6 Å². The second-order valence-electron chi connectivity index (χ2n) is 6.33. The number of nitrogen functional groups attached to an aromatic ring is 1. The molecular weight excluding hydrogens is 391 g/mol. The molecule has 28 heavy (non-hydrogen) atoms. The summed E-state index contributed by atoms with van der Waals surface area (Å²) in [7, 11) is -2.23. The number of nitrogens with zero attached hydrogens (tertiary/aromatic N) is 7. The summed E-state index contributed by atoms with van der Waals surface area (Å²) in [5, 5.41) is 14.5. The first-order chi connectivity index (χ1) is 13.3. The second-order valence-corrected chi connectivity index (χ2v) is 7.61. The molecule has 0 saturated carbocycles. The van der Waals surface area contributed by atoms with E-state index in [1.165, 1.54) is 24.5 Å². The third-order valence-electron chi connectivity index (χ3n) is 4.41. The summed E-state index contributed by atoms with van der Waals surface area (Å²) in [6, 6.07) is 0. The SMILES string of the molecule is CCOc1nc(N)nc2c1ncn2[C@@H]1O[C@H](CO[PH](C)=O)[C@@H](O)[C@@]1(C)N=[N+]=[N-]. The number of azide groups is 1. The smallest absolute Gasteiger partial charge is 0.247 e. The molecule has 152 valence electrons. The zero-order valence-electron chi connectivity index (χ0n) is 15.5. The van der Waals surface area contributed by atoms with Crippen LogP contribution in [0.15, 0.2) is 11.4 Å². The second kappa shape index (κ2) is 7.90. The number of rotatable bonds is 7. The van der Waals surface area contributed by atoms with Crippen molar-refractivity contribution in [1.29, 1.82) is 0 Å². The van der Waals surface area contributed by atoms with Crippen molar-refractivity contribution in [3.8, 4) is 5.88 Å². The van der Waals surface area contributed by atoms with Gasteiger partial charge >= 0.3 is 0 Å². The van der Waals surface area contributed by atoms with Crippen LogP contribution in [-0.2, 0) is 13.8 Å². The Labute approximate surface area is 160 Å². The molecule has 2 aromatic heterocycles. The third kappa shape index (κ3) is 3.50. The molecule has 13 nitrogen and oxygen atoms in total. The quantitative estimate of drug-likeness (QED) is 0.292.